The van der Waals surface area contributed by atoms with Crippen LogP contribution >= 0.6 is 0 Å². The van der Waals surface area contributed by atoms with Gasteiger partial charge in [-0.2, -0.15) is 34.1 Å². The van der Waals surface area contributed by atoms with Crippen LogP contribution < -0.4 is 0 Å². The van der Waals surface area contributed by atoms with Crippen molar-refractivity contribution in [3.8, 4) is 0 Å². The molecule has 14 heteroatoms. The van der Waals surface area contributed by atoms with Crippen molar-refractivity contribution >= 4 is 32.6 Å². The monoisotopic (exact) mass is 700 g/mol. The number of hydrogen-bond acceptors (Lipinski definition) is 8. The van der Waals surface area contributed by atoms with Gasteiger partial charge in [-0.15, -0.1) is 0 Å². The molecule has 0 unspecified atom stereocenters. The lowest BCUT2D eigenvalue weighted by Crippen LogP contribution is -2.47. The van der Waals surface area contributed by atoms with E-state index in [-0.39, 0.29) is 39.3 Å². The van der Waals surface area contributed by atoms with Crippen LogP contribution in [0.3, 0.4) is 0 Å². The zero-order valence-corrected chi connectivity index (χ0v) is 29.8. The van der Waals surface area contributed by atoms with E-state index in [0.717, 1.165) is 11.1 Å². The number of rotatable bonds is 6. The van der Waals surface area contributed by atoms with E-state index in [9.17, 15) is 26.4 Å². The van der Waals surface area contributed by atoms with E-state index in [1.807, 2.05) is 12.1 Å². The number of nitrogens with zero attached hydrogens (tertiary/aromatic N) is 4. The minimum atomic E-state index is -4.31. The summed E-state index contributed by atoms with van der Waals surface area (Å²) in [7, 11) is -8.61. The molecule has 0 atom stereocenters. The molecular weight excluding hydrogens is 657 g/mol. The zero-order chi connectivity index (χ0) is 35.3. The molecule has 0 saturated carbocycles. The third-order valence-corrected chi connectivity index (χ3v) is 10.6. The Kier molecular flexibility index (Phi) is 11.2. The summed E-state index contributed by atoms with van der Waals surface area (Å²) < 4.78 is 69.9. The molecule has 0 aromatic heterocycles. The molecular formula is C34H44N4O8S2. The molecule has 260 valence electrons. The second-order valence-corrected chi connectivity index (χ2v) is 17.1. The summed E-state index contributed by atoms with van der Waals surface area (Å²) in [6.07, 6.45) is 4.60. The van der Waals surface area contributed by atoms with E-state index in [0.29, 0.717) is 19.8 Å². The lowest BCUT2D eigenvalue weighted by molar-refractivity contribution is 0.0382. The smallest absolute Gasteiger partial charge is 0.425 e. The van der Waals surface area contributed by atoms with Crippen LogP contribution in [0.25, 0.3) is 0 Å². The first-order valence-electron chi connectivity index (χ1n) is 15.5. The first-order valence-corrected chi connectivity index (χ1v) is 18.3. The van der Waals surface area contributed by atoms with E-state index in [1.54, 1.807) is 114 Å². The summed E-state index contributed by atoms with van der Waals surface area (Å²) in [5.41, 5.74) is 0.525. The molecule has 2 heterocycles. The molecule has 0 bridgehead atoms. The highest BCUT2D eigenvalue weighted by Gasteiger charge is 2.40. The number of hydrogen-bond donors (Lipinski definition) is 0. The number of carbonyl (C=O) groups is 2. The molecule has 0 saturated heterocycles. The quantitative estimate of drug-likeness (QED) is 0.392. The van der Waals surface area contributed by atoms with Crippen LogP contribution in [-0.4, -0.2) is 83.6 Å². The van der Waals surface area contributed by atoms with Gasteiger partial charge in [0, 0.05) is 26.2 Å². The second-order valence-electron chi connectivity index (χ2n) is 13.4. The molecule has 2 amide bonds. The summed E-state index contributed by atoms with van der Waals surface area (Å²) >= 11 is 0. The van der Waals surface area contributed by atoms with Crippen LogP contribution in [0, 0.1) is 0 Å². The lowest BCUT2D eigenvalue weighted by atomic mass is 10.1. The van der Waals surface area contributed by atoms with Crippen molar-refractivity contribution in [2.45, 2.75) is 65.8 Å². The first-order chi connectivity index (χ1) is 22.3. The van der Waals surface area contributed by atoms with Gasteiger partial charge in [-0.25, -0.2) is 9.59 Å². The fraction of sp³-hybridized carbons (Fsp3) is 0.412. The van der Waals surface area contributed by atoms with Gasteiger partial charge in [0.1, 0.15) is 11.2 Å². The molecule has 0 fully saturated rings. The minimum Gasteiger partial charge on any atom is -0.443 e. The van der Waals surface area contributed by atoms with E-state index in [1.165, 1.54) is 8.61 Å². The van der Waals surface area contributed by atoms with E-state index in [2.05, 4.69) is 0 Å². The summed E-state index contributed by atoms with van der Waals surface area (Å²) in [5.74, 6) is 0. The molecule has 0 radical (unpaired) electrons. The SMILES string of the molecule is CC(C)(C)OC(=O)N1CC(/C=C/C2=CCN(Cc3ccccc3)S(=O)(=O)N(C(=O)OC(C)(C)C)C2)=CCN(Cc2ccccc2)S1(=O)=O. The van der Waals surface area contributed by atoms with Crippen molar-refractivity contribution in [3.63, 3.8) is 0 Å². The van der Waals surface area contributed by atoms with Crippen molar-refractivity contribution in [1.82, 2.24) is 17.2 Å². The fourth-order valence-corrected chi connectivity index (χ4v) is 7.58. The van der Waals surface area contributed by atoms with Crippen LogP contribution in [0.2, 0.25) is 0 Å². The fourth-order valence-electron chi connectivity index (χ4n) is 4.79. The highest BCUT2D eigenvalue weighted by molar-refractivity contribution is 7.87. The molecule has 0 aliphatic carbocycles. The van der Waals surface area contributed by atoms with Crippen LogP contribution in [-0.2, 0) is 43.0 Å². The molecule has 48 heavy (non-hydrogen) atoms. The molecule has 2 aliphatic rings. The Morgan fingerprint density at radius 3 is 1.27 bits per heavy atom. The Hall–Kier alpha value is -3.98. The van der Waals surface area contributed by atoms with Crippen molar-refractivity contribution < 1.29 is 35.9 Å². The predicted molar refractivity (Wildman–Crippen MR) is 183 cm³/mol. The Morgan fingerprint density at radius 2 is 0.958 bits per heavy atom. The molecule has 0 spiro atoms. The third kappa shape index (κ3) is 9.78. The van der Waals surface area contributed by atoms with Gasteiger partial charge in [-0.3, -0.25) is 0 Å². The van der Waals surface area contributed by atoms with E-state index < -0.39 is 43.8 Å². The maximum Gasteiger partial charge on any atom is 0.425 e. The van der Waals surface area contributed by atoms with Gasteiger partial charge >= 0.3 is 32.6 Å². The van der Waals surface area contributed by atoms with Gasteiger partial charge in [0.2, 0.25) is 0 Å². The Balaban J connectivity index is 1.68. The molecule has 2 aromatic rings. The number of carbonyl (C=O) groups excluding carboxylic acids is 2. The standard InChI is InChI=1S/C34H44N4O8S2/c1-33(2,3)45-31(39)37-25-29(19-21-35(47(37,41)42)23-27-13-9-7-10-14-27)17-18-30-20-22-36(24-28-15-11-8-12-16-28)48(43,44)38(26-30)32(40)46-34(4,5)6/h7-20H,21-26H2,1-6H3/b18-17+. The summed E-state index contributed by atoms with van der Waals surface area (Å²) in [6.45, 7) is 9.27. The van der Waals surface area contributed by atoms with Gasteiger partial charge in [0.25, 0.3) is 0 Å². The Labute approximate surface area is 284 Å². The van der Waals surface area contributed by atoms with Crippen LogP contribution in [0.1, 0.15) is 52.7 Å². The van der Waals surface area contributed by atoms with Crippen molar-refractivity contribution in [3.05, 3.63) is 107 Å². The number of benzene rings is 2. The third-order valence-electron chi connectivity index (χ3n) is 7.09. The first kappa shape index (κ1) is 36.8. The number of amides is 2. The number of ether oxygens (including phenoxy) is 2. The molecule has 2 aliphatic heterocycles. The van der Waals surface area contributed by atoms with Gasteiger partial charge in [-0.1, -0.05) is 85.0 Å². The molecule has 4 rings (SSSR count). The Morgan fingerprint density at radius 1 is 0.625 bits per heavy atom. The molecule has 0 N–H and O–H groups in total. The highest BCUT2D eigenvalue weighted by Crippen LogP contribution is 2.25. The van der Waals surface area contributed by atoms with Gasteiger partial charge < -0.3 is 9.47 Å². The average molecular weight is 701 g/mol. The van der Waals surface area contributed by atoms with E-state index in [4.69, 9.17) is 9.47 Å². The molecule has 2 aromatic carbocycles. The normalized spacial score (nSPS) is 19.2. The summed E-state index contributed by atoms with van der Waals surface area (Å²) in [5, 5.41) is 0. The minimum absolute atomic E-state index is 0.0288. The highest BCUT2D eigenvalue weighted by atomic mass is 32.2. The van der Waals surface area contributed by atoms with Gasteiger partial charge in [0.05, 0.1) is 13.1 Å². The maximum atomic E-state index is 13.8. The van der Waals surface area contributed by atoms with Crippen LogP contribution in [0.4, 0.5) is 9.59 Å². The van der Waals surface area contributed by atoms with Crippen LogP contribution in [0.5, 0.6) is 0 Å². The summed E-state index contributed by atoms with van der Waals surface area (Å²) in [6, 6.07) is 18.1. The summed E-state index contributed by atoms with van der Waals surface area (Å²) in [4.78, 5) is 26.5. The topological polar surface area (TPSA) is 134 Å². The Bertz CT molecular complexity index is 1650. The van der Waals surface area contributed by atoms with Crippen molar-refractivity contribution in [2.24, 2.45) is 0 Å². The van der Waals surface area contributed by atoms with Crippen LogP contribution in [0.15, 0.2) is 96.1 Å². The maximum absolute atomic E-state index is 13.8. The lowest BCUT2D eigenvalue weighted by Gasteiger charge is -2.30. The van der Waals surface area contributed by atoms with Gasteiger partial charge in [0.15, 0.2) is 0 Å². The molecule has 12 nitrogen and oxygen atoms in total. The van der Waals surface area contributed by atoms with Gasteiger partial charge in [-0.05, 0) is 63.8 Å². The van der Waals surface area contributed by atoms with Crippen molar-refractivity contribution in [2.75, 3.05) is 26.2 Å². The average Bonchev–Trinajstić information content (AvgIpc) is 3.18. The predicted octanol–water partition coefficient (Wildman–Crippen LogP) is 5.39. The van der Waals surface area contributed by atoms with Crippen molar-refractivity contribution in [1.29, 1.82) is 0 Å². The largest absolute Gasteiger partial charge is 0.443 e. The zero-order valence-electron chi connectivity index (χ0n) is 28.2. The van der Waals surface area contributed by atoms with E-state index >= 15 is 0 Å². The second kappa shape index (κ2) is 14.6.